The van der Waals surface area contributed by atoms with E-state index in [0.717, 1.165) is 42.7 Å². The van der Waals surface area contributed by atoms with Gasteiger partial charge in [-0.15, -0.1) is 11.3 Å². The van der Waals surface area contributed by atoms with Gasteiger partial charge in [0.25, 0.3) is 0 Å². The van der Waals surface area contributed by atoms with Crippen LogP contribution in [-0.4, -0.2) is 33.6 Å². The van der Waals surface area contributed by atoms with Crippen molar-refractivity contribution in [2.24, 2.45) is 4.99 Å². The lowest BCUT2D eigenvalue weighted by atomic mass is 10.1. The molecule has 0 atom stereocenters. The van der Waals surface area contributed by atoms with Crippen molar-refractivity contribution >= 4 is 17.4 Å². The summed E-state index contributed by atoms with van der Waals surface area (Å²) in [6.07, 6.45) is 7.70. The Morgan fingerprint density at radius 1 is 1.08 bits per heavy atom. The highest BCUT2D eigenvalue weighted by atomic mass is 32.1. The van der Waals surface area contributed by atoms with E-state index in [1.165, 1.54) is 11.3 Å². The number of hydrogen-bond acceptors (Lipinski definition) is 3. The Labute approximate surface area is 149 Å². The molecule has 3 heterocycles. The number of benzene rings is 1. The molecule has 0 bridgehead atoms. The zero-order valence-corrected chi connectivity index (χ0v) is 14.5. The van der Waals surface area contributed by atoms with Gasteiger partial charge in [-0.3, -0.25) is 9.55 Å². The van der Waals surface area contributed by atoms with Crippen molar-refractivity contribution in [2.75, 3.05) is 13.1 Å². The van der Waals surface area contributed by atoms with E-state index in [4.69, 9.17) is 0 Å². The van der Waals surface area contributed by atoms with Crippen molar-refractivity contribution in [3.8, 4) is 16.8 Å². The monoisotopic (exact) mass is 350 g/mol. The van der Waals surface area contributed by atoms with Crippen molar-refractivity contribution in [3.63, 3.8) is 0 Å². The van der Waals surface area contributed by atoms with Crippen molar-refractivity contribution < 1.29 is 4.79 Å². The average molecular weight is 350 g/mol. The maximum Gasteiger partial charge on any atom is 0.346 e. The number of carbonyl (C=O) groups excluding carboxylic acids is 1. The standard InChI is InChI=1S/C19H18N4OS/c24-18(22-10-1-2-11-22)21-19-23(12-13-25-19)17-7-5-15(6-8-17)16-4-3-9-20-14-16/h3-9,12-14H,1-2,10-11H2/b21-19-. The summed E-state index contributed by atoms with van der Waals surface area (Å²) in [5, 5.41) is 1.95. The van der Waals surface area contributed by atoms with Crippen LogP contribution in [0.2, 0.25) is 0 Å². The lowest BCUT2D eigenvalue weighted by Gasteiger charge is -2.10. The number of aromatic nitrogens is 2. The number of urea groups is 1. The first-order chi connectivity index (χ1) is 12.3. The van der Waals surface area contributed by atoms with Crippen LogP contribution in [-0.2, 0) is 0 Å². The Morgan fingerprint density at radius 2 is 1.88 bits per heavy atom. The maximum absolute atomic E-state index is 12.3. The number of thiazole rings is 1. The molecule has 25 heavy (non-hydrogen) atoms. The highest BCUT2D eigenvalue weighted by Gasteiger charge is 2.17. The Hall–Kier alpha value is -2.73. The second kappa shape index (κ2) is 7.03. The van der Waals surface area contributed by atoms with Crippen LogP contribution in [0, 0.1) is 0 Å². The second-order valence-electron chi connectivity index (χ2n) is 5.93. The predicted molar refractivity (Wildman–Crippen MR) is 98.6 cm³/mol. The largest absolute Gasteiger partial charge is 0.346 e. The molecule has 2 aromatic heterocycles. The molecule has 0 unspecified atom stereocenters. The van der Waals surface area contributed by atoms with Gasteiger partial charge in [-0.1, -0.05) is 18.2 Å². The molecule has 1 fully saturated rings. The van der Waals surface area contributed by atoms with E-state index in [1.807, 2.05) is 51.5 Å². The molecule has 1 aromatic carbocycles. The molecule has 0 spiro atoms. The first-order valence-electron chi connectivity index (χ1n) is 8.32. The van der Waals surface area contributed by atoms with Crippen LogP contribution in [0.1, 0.15) is 12.8 Å². The third-order valence-electron chi connectivity index (χ3n) is 4.30. The molecule has 0 radical (unpaired) electrons. The van der Waals surface area contributed by atoms with Gasteiger partial charge in [0.15, 0.2) is 4.80 Å². The number of pyridine rings is 1. The summed E-state index contributed by atoms with van der Waals surface area (Å²) < 4.78 is 1.95. The van der Waals surface area contributed by atoms with E-state index in [0.29, 0.717) is 4.80 Å². The Balaban J connectivity index is 1.63. The van der Waals surface area contributed by atoms with E-state index < -0.39 is 0 Å². The normalized spacial score (nSPS) is 14.9. The van der Waals surface area contributed by atoms with E-state index in [-0.39, 0.29) is 6.03 Å². The smallest absolute Gasteiger partial charge is 0.323 e. The quantitative estimate of drug-likeness (QED) is 0.707. The van der Waals surface area contributed by atoms with Crippen LogP contribution in [0.15, 0.2) is 65.4 Å². The van der Waals surface area contributed by atoms with Gasteiger partial charge in [0.2, 0.25) is 0 Å². The van der Waals surface area contributed by atoms with Gasteiger partial charge >= 0.3 is 6.03 Å². The minimum absolute atomic E-state index is 0.138. The SMILES string of the molecule is O=C(/N=c1\sccn1-c1ccc(-c2cccnc2)cc1)N1CCCC1. The van der Waals surface area contributed by atoms with Gasteiger partial charge in [0, 0.05) is 42.7 Å². The fraction of sp³-hybridized carbons (Fsp3) is 0.211. The van der Waals surface area contributed by atoms with E-state index >= 15 is 0 Å². The topological polar surface area (TPSA) is 50.5 Å². The molecule has 3 aromatic rings. The number of carbonyl (C=O) groups is 1. The first-order valence-corrected chi connectivity index (χ1v) is 9.20. The highest BCUT2D eigenvalue weighted by Crippen LogP contribution is 2.19. The zero-order valence-electron chi connectivity index (χ0n) is 13.7. The van der Waals surface area contributed by atoms with E-state index in [2.05, 4.69) is 22.1 Å². The molecule has 2 amide bonds. The molecule has 126 valence electrons. The summed E-state index contributed by atoms with van der Waals surface area (Å²) >= 11 is 1.47. The minimum atomic E-state index is -0.138. The minimum Gasteiger partial charge on any atom is -0.323 e. The van der Waals surface area contributed by atoms with Crippen molar-refractivity contribution in [1.82, 2.24) is 14.5 Å². The predicted octanol–water partition coefficient (Wildman–Crippen LogP) is 3.72. The van der Waals surface area contributed by atoms with Crippen LogP contribution in [0.3, 0.4) is 0 Å². The van der Waals surface area contributed by atoms with Gasteiger partial charge in [-0.25, -0.2) is 4.79 Å². The van der Waals surface area contributed by atoms with Crippen LogP contribution >= 0.6 is 11.3 Å². The number of nitrogens with zero attached hydrogens (tertiary/aromatic N) is 4. The molecule has 6 heteroatoms. The summed E-state index contributed by atoms with van der Waals surface area (Å²) in [6.45, 7) is 1.63. The number of likely N-dealkylation sites (tertiary alicyclic amines) is 1. The molecule has 1 aliphatic heterocycles. The molecule has 4 rings (SSSR count). The second-order valence-corrected chi connectivity index (χ2v) is 6.81. The molecule has 1 saturated heterocycles. The first kappa shape index (κ1) is 15.8. The number of rotatable bonds is 2. The molecule has 0 aliphatic carbocycles. The van der Waals surface area contributed by atoms with Gasteiger partial charge in [-0.2, -0.15) is 4.99 Å². The van der Waals surface area contributed by atoms with Crippen LogP contribution < -0.4 is 4.80 Å². The summed E-state index contributed by atoms with van der Waals surface area (Å²) in [5.41, 5.74) is 3.18. The van der Waals surface area contributed by atoms with Gasteiger partial charge in [0.1, 0.15) is 0 Å². The van der Waals surface area contributed by atoms with E-state index in [1.54, 1.807) is 6.20 Å². The van der Waals surface area contributed by atoms with Gasteiger partial charge < -0.3 is 4.90 Å². The lowest BCUT2D eigenvalue weighted by Crippen LogP contribution is -2.27. The van der Waals surface area contributed by atoms with Gasteiger partial charge in [0.05, 0.1) is 0 Å². The highest BCUT2D eigenvalue weighted by molar-refractivity contribution is 7.07. The molecular weight excluding hydrogens is 332 g/mol. The Bertz CT molecular complexity index is 922. The van der Waals surface area contributed by atoms with Crippen molar-refractivity contribution in [3.05, 3.63) is 65.2 Å². The molecule has 1 aliphatic rings. The third-order valence-corrected chi connectivity index (χ3v) is 5.05. The summed E-state index contributed by atoms with van der Waals surface area (Å²) in [7, 11) is 0. The van der Waals surface area contributed by atoms with E-state index in [9.17, 15) is 4.79 Å². The summed E-state index contributed by atoms with van der Waals surface area (Å²) in [4.78, 5) is 23.3. The van der Waals surface area contributed by atoms with Gasteiger partial charge in [-0.05, 0) is 42.2 Å². The van der Waals surface area contributed by atoms with Crippen molar-refractivity contribution in [2.45, 2.75) is 12.8 Å². The fourth-order valence-electron chi connectivity index (χ4n) is 2.96. The summed E-state index contributed by atoms with van der Waals surface area (Å²) in [6, 6.07) is 12.0. The van der Waals surface area contributed by atoms with Crippen LogP contribution in [0.4, 0.5) is 4.79 Å². The Morgan fingerprint density at radius 3 is 2.60 bits per heavy atom. The zero-order chi connectivity index (χ0) is 17.1. The lowest BCUT2D eigenvalue weighted by molar-refractivity contribution is 0.218. The third kappa shape index (κ3) is 3.39. The molecular formula is C19H18N4OS. The fourth-order valence-corrected chi connectivity index (χ4v) is 3.67. The average Bonchev–Trinajstić information content (AvgIpc) is 3.35. The van der Waals surface area contributed by atoms with Crippen LogP contribution in [0.5, 0.6) is 0 Å². The Kier molecular flexibility index (Phi) is 4.43. The summed E-state index contributed by atoms with van der Waals surface area (Å²) in [5.74, 6) is 0. The number of hydrogen-bond donors (Lipinski definition) is 0. The molecule has 0 N–H and O–H groups in total. The number of amides is 2. The molecule has 5 nitrogen and oxygen atoms in total. The molecule has 0 saturated carbocycles. The maximum atomic E-state index is 12.3. The van der Waals surface area contributed by atoms with Crippen molar-refractivity contribution in [1.29, 1.82) is 0 Å². The van der Waals surface area contributed by atoms with Crippen LogP contribution in [0.25, 0.3) is 16.8 Å².